The van der Waals surface area contributed by atoms with Gasteiger partial charge in [-0.25, -0.2) is 4.90 Å². The fourth-order valence-electron chi connectivity index (χ4n) is 5.54. The summed E-state index contributed by atoms with van der Waals surface area (Å²) >= 11 is 6.00. The number of nitrogens with one attached hydrogen (secondary N) is 1. The van der Waals surface area contributed by atoms with E-state index in [1.807, 2.05) is 41.3 Å². The topological polar surface area (TPSA) is 113 Å². The number of imide groups is 1. The number of fused-ring (bicyclic) bond motifs is 5. The predicted molar refractivity (Wildman–Crippen MR) is 138 cm³/mol. The predicted octanol–water partition coefficient (Wildman–Crippen LogP) is 4.28. The molecule has 6 rings (SSSR count). The van der Waals surface area contributed by atoms with Gasteiger partial charge in [0.1, 0.15) is 6.04 Å². The number of benzene rings is 3. The molecule has 3 aliphatic heterocycles. The lowest BCUT2D eigenvalue weighted by molar-refractivity contribution is -0.384. The number of rotatable bonds is 4. The van der Waals surface area contributed by atoms with Crippen molar-refractivity contribution in [2.75, 3.05) is 15.1 Å². The van der Waals surface area contributed by atoms with Crippen LogP contribution in [0.25, 0.3) is 6.08 Å². The second kappa shape index (κ2) is 8.56. The quantitative estimate of drug-likeness (QED) is 0.316. The lowest BCUT2D eigenvalue weighted by Gasteiger charge is -2.36. The summed E-state index contributed by atoms with van der Waals surface area (Å²) in [4.78, 5) is 54.7. The van der Waals surface area contributed by atoms with Gasteiger partial charge in [0, 0.05) is 28.5 Å². The first-order chi connectivity index (χ1) is 17.8. The molecule has 10 heteroatoms. The van der Waals surface area contributed by atoms with Crippen molar-refractivity contribution in [3.63, 3.8) is 0 Å². The molecular weight excluding hydrogens is 496 g/mol. The minimum absolute atomic E-state index is 0.107. The Bertz CT molecular complexity index is 1490. The first-order valence-corrected chi connectivity index (χ1v) is 12.0. The number of amides is 3. The number of carbonyl (C=O) groups excluding carboxylic acids is 3. The Morgan fingerprint density at radius 3 is 2.30 bits per heavy atom. The molecule has 3 heterocycles. The third-order valence-corrected chi connectivity index (χ3v) is 7.37. The van der Waals surface area contributed by atoms with Crippen LogP contribution in [0, 0.1) is 22.0 Å². The Morgan fingerprint density at radius 1 is 0.919 bits per heavy atom. The molecule has 37 heavy (non-hydrogen) atoms. The molecule has 0 bridgehead atoms. The Kier molecular flexibility index (Phi) is 5.31. The van der Waals surface area contributed by atoms with Gasteiger partial charge in [0.25, 0.3) is 5.69 Å². The van der Waals surface area contributed by atoms with E-state index in [0.29, 0.717) is 16.4 Å². The van der Waals surface area contributed by atoms with Crippen LogP contribution >= 0.6 is 11.6 Å². The van der Waals surface area contributed by atoms with Gasteiger partial charge >= 0.3 is 0 Å². The first kappa shape index (κ1) is 22.9. The van der Waals surface area contributed by atoms with Gasteiger partial charge < -0.3 is 10.2 Å². The van der Waals surface area contributed by atoms with Crippen LogP contribution < -0.4 is 15.1 Å². The highest BCUT2D eigenvalue weighted by Crippen LogP contribution is 2.49. The number of hydrogen-bond donors (Lipinski definition) is 1. The van der Waals surface area contributed by atoms with Crippen LogP contribution in [0.2, 0.25) is 5.02 Å². The van der Waals surface area contributed by atoms with E-state index in [-0.39, 0.29) is 11.6 Å². The SMILES string of the molecule is O=C(Nc1ccc([N+](=O)[O-])cc1)[C@@H]1[C@@H]2C(=O)N(c3ccc(Cl)cc3)C(=O)[C@H]2[C@@H]2C=Cc3ccccc3N12. The Labute approximate surface area is 216 Å². The highest BCUT2D eigenvalue weighted by atomic mass is 35.5. The number of para-hydroxylation sites is 1. The molecule has 2 saturated heterocycles. The van der Waals surface area contributed by atoms with Crippen molar-refractivity contribution < 1.29 is 19.3 Å². The zero-order valence-electron chi connectivity index (χ0n) is 19.2. The van der Waals surface area contributed by atoms with Crippen LogP contribution in [-0.4, -0.2) is 34.7 Å². The molecular formula is C27H19ClN4O5. The van der Waals surface area contributed by atoms with Crippen molar-refractivity contribution in [3.05, 3.63) is 99.6 Å². The van der Waals surface area contributed by atoms with E-state index in [0.717, 1.165) is 16.2 Å². The summed E-state index contributed by atoms with van der Waals surface area (Å²) in [6.45, 7) is 0. The highest BCUT2D eigenvalue weighted by Gasteiger charge is 2.64. The maximum absolute atomic E-state index is 13.8. The number of non-ortho nitro benzene ring substituents is 1. The minimum atomic E-state index is -0.981. The fourth-order valence-corrected chi connectivity index (χ4v) is 5.67. The summed E-state index contributed by atoms with van der Waals surface area (Å²) in [5.74, 6) is -3.00. The second-order valence-corrected chi connectivity index (χ2v) is 9.53. The summed E-state index contributed by atoms with van der Waals surface area (Å²) in [5.41, 5.74) is 2.27. The first-order valence-electron chi connectivity index (χ1n) is 11.6. The van der Waals surface area contributed by atoms with E-state index >= 15 is 0 Å². The molecule has 1 N–H and O–H groups in total. The summed E-state index contributed by atoms with van der Waals surface area (Å²) in [6, 6.07) is 17.9. The minimum Gasteiger partial charge on any atom is -0.351 e. The Hall–Kier alpha value is -4.50. The van der Waals surface area contributed by atoms with Crippen LogP contribution in [0.5, 0.6) is 0 Å². The summed E-state index contributed by atoms with van der Waals surface area (Å²) in [7, 11) is 0. The zero-order chi connectivity index (χ0) is 25.8. The highest BCUT2D eigenvalue weighted by molar-refractivity contribution is 6.31. The van der Waals surface area contributed by atoms with E-state index in [1.165, 1.54) is 24.3 Å². The van der Waals surface area contributed by atoms with Crippen molar-refractivity contribution in [2.45, 2.75) is 12.1 Å². The number of nitro groups is 1. The van der Waals surface area contributed by atoms with Gasteiger partial charge in [0.05, 0.1) is 28.5 Å². The van der Waals surface area contributed by atoms with Crippen molar-refractivity contribution in [1.29, 1.82) is 0 Å². The lowest BCUT2D eigenvalue weighted by Crippen LogP contribution is -2.50. The molecule has 0 aliphatic carbocycles. The molecule has 0 unspecified atom stereocenters. The van der Waals surface area contributed by atoms with Crippen molar-refractivity contribution in [3.8, 4) is 0 Å². The average molecular weight is 515 g/mol. The Balaban J connectivity index is 1.40. The van der Waals surface area contributed by atoms with Crippen LogP contribution in [0.15, 0.2) is 78.9 Å². The van der Waals surface area contributed by atoms with E-state index in [9.17, 15) is 24.5 Å². The Morgan fingerprint density at radius 2 is 1.59 bits per heavy atom. The summed E-state index contributed by atoms with van der Waals surface area (Å²) < 4.78 is 0. The van der Waals surface area contributed by atoms with Crippen molar-refractivity contribution in [2.24, 2.45) is 11.8 Å². The monoisotopic (exact) mass is 514 g/mol. The van der Waals surface area contributed by atoms with E-state index in [1.54, 1.807) is 24.3 Å². The molecule has 9 nitrogen and oxygen atoms in total. The smallest absolute Gasteiger partial charge is 0.269 e. The van der Waals surface area contributed by atoms with Gasteiger partial charge in [-0.2, -0.15) is 0 Å². The van der Waals surface area contributed by atoms with Gasteiger partial charge in [0.2, 0.25) is 17.7 Å². The molecule has 3 amide bonds. The average Bonchev–Trinajstić information content (AvgIpc) is 3.38. The van der Waals surface area contributed by atoms with Gasteiger partial charge in [-0.1, -0.05) is 42.0 Å². The van der Waals surface area contributed by atoms with E-state index in [2.05, 4.69) is 5.32 Å². The van der Waals surface area contributed by atoms with Crippen molar-refractivity contribution in [1.82, 2.24) is 0 Å². The van der Waals surface area contributed by atoms with E-state index in [4.69, 9.17) is 11.6 Å². The van der Waals surface area contributed by atoms with Gasteiger partial charge in [-0.15, -0.1) is 0 Å². The molecule has 0 radical (unpaired) electrons. The number of anilines is 3. The van der Waals surface area contributed by atoms with Crippen LogP contribution in [0.1, 0.15) is 5.56 Å². The fraction of sp³-hybridized carbons (Fsp3) is 0.148. The van der Waals surface area contributed by atoms with Crippen LogP contribution in [-0.2, 0) is 14.4 Å². The van der Waals surface area contributed by atoms with Gasteiger partial charge in [-0.05, 0) is 48.0 Å². The molecule has 3 aliphatic rings. The number of hydrogen-bond acceptors (Lipinski definition) is 6. The van der Waals surface area contributed by atoms with Crippen LogP contribution in [0.4, 0.5) is 22.7 Å². The van der Waals surface area contributed by atoms with Crippen molar-refractivity contribution >= 4 is 58.1 Å². The van der Waals surface area contributed by atoms with Gasteiger partial charge in [0.15, 0.2) is 0 Å². The third-order valence-electron chi connectivity index (χ3n) is 7.11. The number of carbonyl (C=O) groups is 3. The normalized spacial score (nSPS) is 23.5. The molecule has 2 fully saturated rings. The zero-order valence-corrected chi connectivity index (χ0v) is 19.9. The molecule has 0 spiro atoms. The van der Waals surface area contributed by atoms with Crippen LogP contribution in [0.3, 0.4) is 0 Å². The third kappa shape index (κ3) is 3.58. The summed E-state index contributed by atoms with van der Waals surface area (Å²) in [6.07, 6.45) is 3.78. The maximum Gasteiger partial charge on any atom is 0.269 e. The summed E-state index contributed by atoms with van der Waals surface area (Å²) in [5, 5.41) is 14.3. The standard InChI is InChI=1S/C27H19ClN4O5/c28-16-6-10-18(11-7-16)30-26(34)22-21-14-5-15-3-1-2-4-20(15)31(21)24(23(22)27(30)35)25(33)29-17-8-12-19(13-9-17)32(36)37/h1-14,21-24H,(H,29,33)/t21-,22-,23+,24-/m0/s1. The number of nitrogens with zero attached hydrogens (tertiary/aromatic N) is 3. The number of halogens is 1. The largest absolute Gasteiger partial charge is 0.351 e. The number of nitro benzene ring substituents is 1. The molecule has 184 valence electrons. The molecule has 4 atom stereocenters. The second-order valence-electron chi connectivity index (χ2n) is 9.09. The molecule has 3 aromatic carbocycles. The maximum atomic E-state index is 13.8. The van der Waals surface area contributed by atoms with Gasteiger partial charge in [-0.3, -0.25) is 24.5 Å². The van der Waals surface area contributed by atoms with E-state index < -0.39 is 40.7 Å². The molecule has 0 saturated carbocycles. The lowest BCUT2D eigenvalue weighted by atomic mass is 9.88. The molecule has 0 aromatic heterocycles. The molecule has 3 aromatic rings.